The molecule has 0 aliphatic heterocycles. The summed E-state index contributed by atoms with van der Waals surface area (Å²) in [5.41, 5.74) is 1.06. The second-order valence-electron chi connectivity index (χ2n) is 3.19. The van der Waals surface area contributed by atoms with E-state index in [4.69, 9.17) is 5.11 Å². The molecule has 1 aromatic rings. The Morgan fingerprint density at radius 3 is 2.60 bits per heavy atom. The first-order chi connectivity index (χ1) is 6.93. The van der Waals surface area contributed by atoms with Gasteiger partial charge in [-0.15, -0.1) is 0 Å². The van der Waals surface area contributed by atoms with E-state index in [0.717, 1.165) is 10.0 Å². The monoisotopic (exact) mass is 276 g/mol. The van der Waals surface area contributed by atoms with Gasteiger partial charge in [-0.05, 0) is 24.1 Å². The molecule has 0 amide bonds. The maximum absolute atomic E-state index is 13.0. The summed E-state index contributed by atoms with van der Waals surface area (Å²) < 4.78 is 13.8. The Balaban J connectivity index is 2.96. The summed E-state index contributed by atoms with van der Waals surface area (Å²) in [6.07, 6.45) is -3.93. The zero-order chi connectivity index (χ0) is 11.6. The molecular formula is C10H10BrFO3. The predicted octanol–water partition coefficient (Wildman–Crippen LogP) is 2.21. The van der Waals surface area contributed by atoms with Crippen LogP contribution in [0.3, 0.4) is 0 Å². The van der Waals surface area contributed by atoms with E-state index in [1.54, 1.807) is 19.1 Å². The number of aliphatic hydroxyl groups is 1. The van der Waals surface area contributed by atoms with Crippen molar-refractivity contribution in [3.63, 3.8) is 0 Å². The van der Waals surface area contributed by atoms with Crippen molar-refractivity contribution in [1.82, 2.24) is 0 Å². The first-order valence-electron chi connectivity index (χ1n) is 4.24. The predicted molar refractivity (Wildman–Crippen MR) is 56.4 cm³/mol. The Kier molecular flexibility index (Phi) is 3.82. The number of hydrogen-bond acceptors (Lipinski definition) is 2. The van der Waals surface area contributed by atoms with Crippen molar-refractivity contribution in [1.29, 1.82) is 0 Å². The Labute approximate surface area is 94.7 Å². The number of rotatable bonds is 3. The van der Waals surface area contributed by atoms with Gasteiger partial charge in [-0.3, -0.25) is 0 Å². The van der Waals surface area contributed by atoms with E-state index in [2.05, 4.69) is 15.9 Å². The lowest BCUT2D eigenvalue weighted by Gasteiger charge is -2.13. The largest absolute Gasteiger partial charge is 0.479 e. The molecule has 0 aromatic heterocycles. The number of halogens is 2. The summed E-state index contributed by atoms with van der Waals surface area (Å²) in [5.74, 6) is -1.66. The maximum atomic E-state index is 13.0. The zero-order valence-corrected chi connectivity index (χ0v) is 9.53. The molecule has 5 heteroatoms. The zero-order valence-electron chi connectivity index (χ0n) is 7.95. The molecule has 1 aromatic carbocycles. The molecule has 0 heterocycles. The Hall–Kier alpha value is -0.940. The minimum atomic E-state index is -2.30. The van der Waals surface area contributed by atoms with Gasteiger partial charge in [-0.1, -0.05) is 28.1 Å². The lowest BCUT2D eigenvalue weighted by molar-refractivity contribution is -0.147. The molecule has 2 N–H and O–H groups in total. The first-order valence-corrected chi connectivity index (χ1v) is 5.03. The number of carboxylic acid groups (broad SMARTS) is 1. The molecule has 15 heavy (non-hydrogen) atoms. The number of alkyl halides is 1. The summed E-state index contributed by atoms with van der Waals surface area (Å²) in [6.45, 7) is 1.77. The van der Waals surface area contributed by atoms with Crippen molar-refractivity contribution >= 4 is 21.9 Å². The van der Waals surface area contributed by atoms with Crippen molar-refractivity contribution in [2.24, 2.45) is 0 Å². The smallest absolute Gasteiger partial charge is 0.341 e. The maximum Gasteiger partial charge on any atom is 0.341 e. The van der Waals surface area contributed by atoms with Gasteiger partial charge < -0.3 is 10.2 Å². The van der Waals surface area contributed by atoms with E-state index in [1.165, 1.54) is 6.07 Å². The Morgan fingerprint density at radius 2 is 2.13 bits per heavy atom. The van der Waals surface area contributed by atoms with Crippen molar-refractivity contribution in [3.8, 4) is 0 Å². The molecule has 3 nitrogen and oxygen atoms in total. The average molecular weight is 277 g/mol. The molecule has 0 spiro atoms. The molecule has 0 saturated carbocycles. The van der Waals surface area contributed by atoms with Gasteiger partial charge in [0.1, 0.15) is 6.10 Å². The second kappa shape index (κ2) is 4.72. The third kappa shape index (κ3) is 2.76. The molecule has 0 bridgehead atoms. The first kappa shape index (κ1) is 12.1. The van der Waals surface area contributed by atoms with Gasteiger partial charge in [0.15, 0.2) is 0 Å². The number of carboxylic acids is 1. The van der Waals surface area contributed by atoms with Crippen molar-refractivity contribution in [2.75, 3.05) is 0 Å². The average Bonchev–Trinajstić information content (AvgIpc) is 2.19. The van der Waals surface area contributed by atoms with Crippen LogP contribution in [0.2, 0.25) is 0 Å². The van der Waals surface area contributed by atoms with Crippen molar-refractivity contribution < 1.29 is 19.4 Å². The van der Waals surface area contributed by atoms with E-state index >= 15 is 0 Å². The highest BCUT2D eigenvalue weighted by atomic mass is 79.9. The van der Waals surface area contributed by atoms with Crippen molar-refractivity contribution in [3.05, 3.63) is 33.8 Å². The lowest BCUT2D eigenvalue weighted by atomic mass is 10.0. The van der Waals surface area contributed by atoms with Gasteiger partial charge in [0.25, 0.3) is 0 Å². The Bertz CT molecular complexity index is 381. The summed E-state index contributed by atoms with van der Waals surface area (Å²) in [4.78, 5) is 10.3. The second-order valence-corrected chi connectivity index (χ2v) is 4.05. The molecule has 1 rings (SSSR count). The van der Waals surface area contributed by atoms with E-state index in [9.17, 15) is 14.3 Å². The quantitative estimate of drug-likeness (QED) is 0.890. The third-order valence-electron chi connectivity index (χ3n) is 2.04. The van der Waals surface area contributed by atoms with Gasteiger partial charge in [0, 0.05) is 4.47 Å². The molecule has 0 saturated heterocycles. The summed E-state index contributed by atoms with van der Waals surface area (Å²) >= 11 is 3.25. The summed E-state index contributed by atoms with van der Waals surface area (Å²) in [5, 5.41) is 17.8. The molecule has 0 aliphatic rings. The van der Waals surface area contributed by atoms with Crippen LogP contribution in [0.1, 0.15) is 17.2 Å². The normalized spacial score (nSPS) is 14.7. The molecular weight excluding hydrogens is 267 g/mol. The van der Waals surface area contributed by atoms with Crippen LogP contribution in [0.4, 0.5) is 4.39 Å². The highest BCUT2D eigenvalue weighted by Crippen LogP contribution is 2.24. The highest BCUT2D eigenvalue weighted by Gasteiger charge is 2.27. The summed E-state index contributed by atoms with van der Waals surface area (Å²) in [7, 11) is 0. The highest BCUT2D eigenvalue weighted by molar-refractivity contribution is 9.10. The molecule has 82 valence electrons. The van der Waals surface area contributed by atoms with Crippen LogP contribution in [0.15, 0.2) is 22.7 Å². The van der Waals surface area contributed by atoms with Gasteiger partial charge in [0.05, 0.1) is 0 Å². The topological polar surface area (TPSA) is 57.5 Å². The number of aliphatic hydroxyl groups excluding tert-OH is 1. The van der Waals surface area contributed by atoms with E-state index in [0.29, 0.717) is 0 Å². The van der Waals surface area contributed by atoms with Gasteiger partial charge in [-0.25, -0.2) is 9.18 Å². The van der Waals surface area contributed by atoms with Gasteiger partial charge >= 0.3 is 5.97 Å². The fourth-order valence-electron chi connectivity index (χ4n) is 1.16. The number of aliphatic carboxylic acids is 1. The minimum Gasteiger partial charge on any atom is -0.479 e. The van der Waals surface area contributed by atoms with E-state index < -0.39 is 18.2 Å². The molecule has 0 aliphatic carbocycles. The van der Waals surface area contributed by atoms with Crippen LogP contribution in [0.5, 0.6) is 0 Å². The number of aryl methyl sites for hydroxylation is 1. The molecule has 0 radical (unpaired) electrons. The van der Waals surface area contributed by atoms with Gasteiger partial charge in [0.2, 0.25) is 6.17 Å². The van der Waals surface area contributed by atoms with Crippen LogP contribution in [-0.4, -0.2) is 22.4 Å². The fourth-order valence-corrected chi connectivity index (χ4v) is 1.40. The standard InChI is InChI=1S/C10H10BrFO3/c1-5-4-6(2-3-7(5)11)9(13)8(12)10(14)15/h2-4,8-9,13H,1H3,(H,14,15). The van der Waals surface area contributed by atoms with E-state index in [1.807, 2.05) is 0 Å². The SMILES string of the molecule is Cc1cc(C(O)C(F)C(=O)O)ccc1Br. The molecule has 2 unspecified atom stereocenters. The van der Waals surface area contributed by atoms with Crippen LogP contribution in [-0.2, 0) is 4.79 Å². The number of hydrogen-bond donors (Lipinski definition) is 2. The summed E-state index contributed by atoms with van der Waals surface area (Å²) in [6, 6.07) is 4.67. The fraction of sp³-hybridized carbons (Fsp3) is 0.300. The van der Waals surface area contributed by atoms with Gasteiger partial charge in [-0.2, -0.15) is 0 Å². The molecule has 0 fully saturated rings. The third-order valence-corrected chi connectivity index (χ3v) is 2.93. The number of carbonyl (C=O) groups is 1. The van der Waals surface area contributed by atoms with E-state index in [-0.39, 0.29) is 5.56 Å². The molecule has 2 atom stereocenters. The Morgan fingerprint density at radius 1 is 1.53 bits per heavy atom. The number of benzene rings is 1. The van der Waals surface area contributed by atoms with Crippen LogP contribution < -0.4 is 0 Å². The van der Waals surface area contributed by atoms with Crippen LogP contribution >= 0.6 is 15.9 Å². The van der Waals surface area contributed by atoms with Crippen LogP contribution in [0, 0.1) is 6.92 Å². The van der Waals surface area contributed by atoms with Crippen molar-refractivity contribution in [2.45, 2.75) is 19.2 Å². The lowest BCUT2D eigenvalue weighted by Crippen LogP contribution is -2.23. The van der Waals surface area contributed by atoms with Crippen LogP contribution in [0.25, 0.3) is 0 Å². The minimum absolute atomic E-state index is 0.255.